The standard InChI is InChI=1S/C31H31ClN4OS/c32-28-21-29(36-18-8-3-9-19-36)35-31(34-28)38-22-24-14-16-26(17-15-24)30(37)33-27(25-12-6-2-7-13-25)20-23-10-4-1-5-11-23/h1-2,4-7,10-17,21,27H,3,8-9,18-20,22H2,(H,33,37). The molecule has 7 heteroatoms. The lowest BCUT2D eigenvalue weighted by Crippen LogP contribution is -2.30. The lowest BCUT2D eigenvalue weighted by atomic mass is 9.98. The third-order valence-electron chi connectivity index (χ3n) is 6.71. The average Bonchev–Trinajstić information content (AvgIpc) is 2.97. The highest BCUT2D eigenvalue weighted by Gasteiger charge is 2.17. The van der Waals surface area contributed by atoms with Crippen molar-refractivity contribution in [1.29, 1.82) is 0 Å². The molecule has 0 aliphatic carbocycles. The molecule has 5 rings (SSSR count). The number of halogens is 1. The molecular weight excluding hydrogens is 512 g/mol. The number of anilines is 1. The molecule has 1 fully saturated rings. The fourth-order valence-electron chi connectivity index (χ4n) is 4.66. The van der Waals surface area contributed by atoms with Gasteiger partial charge in [-0.25, -0.2) is 9.97 Å². The Morgan fingerprint density at radius 2 is 1.55 bits per heavy atom. The number of hydrogen-bond acceptors (Lipinski definition) is 5. The van der Waals surface area contributed by atoms with Gasteiger partial charge in [0.15, 0.2) is 5.16 Å². The van der Waals surface area contributed by atoms with Crippen molar-refractivity contribution in [3.63, 3.8) is 0 Å². The normalized spacial score (nSPS) is 14.2. The zero-order valence-electron chi connectivity index (χ0n) is 21.2. The van der Waals surface area contributed by atoms with Gasteiger partial charge in [-0.2, -0.15) is 0 Å². The molecule has 194 valence electrons. The lowest BCUT2D eigenvalue weighted by molar-refractivity contribution is 0.0936. The first-order valence-electron chi connectivity index (χ1n) is 13.0. The summed E-state index contributed by atoms with van der Waals surface area (Å²) >= 11 is 7.86. The van der Waals surface area contributed by atoms with E-state index in [2.05, 4.69) is 39.5 Å². The minimum atomic E-state index is -0.115. The van der Waals surface area contributed by atoms with E-state index in [-0.39, 0.29) is 11.9 Å². The Morgan fingerprint density at radius 3 is 2.26 bits per heavy atom. The van der Waals surface area contributed by atoms with Crippen molar-refractivity contribution in [1.82, 2.24) is 15.3 Å². The fourth-order valence-corrected chi connectivity index (χ4v) is 5.70. The summed E-state index contributed by atoms with van der Waals surface area (Å²) in [5.41, 5.74) is 4.00. The highest BCUT2D eigenvalue weighted by Crippen LogP contribution is 2.26. The van der Waals surface area contributed by atoms with Crippen molar-refractivity contribution in [3.05, 3.63) is 118 Å². The molecule has 38 heavy (non-hydrogen) atoms. The van der Waals surface area contributed by atoms with Crippen LogP contribution in [0.25, 0.3) is 0 Å². The number of amides is 1. The number of benzene rings is 3. The van der Waals surface area contributed by atoms with Gasteiger partial charge in [0.05, 0.1) is 6.04 Å². The van der Waals surface area contributed by atoms with E-state index in [1.54, 1.807) is 11.8 Å². The average molecular weight is 543 g/mol. The number of nitrogens with zero attached hydrogens (tertiary/aromatic N) is 3. The predicted molar refractivity (Wildman–Crippen MR) is 156 cm³/mol. The third-order valence-corrected chi connectivity index (χ3v) is 7.83. The number of nitrogens with one attached hydrogen (secondary N) is 1. The molecule has 1 unspecified atom stereocenters. The summed E-state index contributed by atoms with van der Waals surface area (Å²) in [6.07, 6.45) is 4.36. The Kier molecular flexibility index (Phi) is 8.94. The number of rotatable bonds is 9. The summed E-state index contributed by atoms with van der Waals surface area (Å²) in [4.78, 5) is 24.6. The first-order chi connectivity index (χ1) is 18.6. The Balaban J connectivity index is 1.22. The molecule has 5 nitrogen and oxygen atoms in total. The maximum absolute atomic E-state index is 13.2. The van der Waals surface area contributed by atoms with Gasteiger partial charge in [0.1, 0.15) is 11.0 Å². The van der Waals surface area contributed by atoms with Crippen LogP contribution >= 0.6 is 23.4 Å². The maximum Gasteiger partial charge on any atom is 0.251 e. The first-order valence-corrected chi connectivity index (χ1v) is 14.4. The van der Waals surface area contributed by atoms with Crippen molar-refractivity contribution in [3.8, 4) is 0 Å². The molecular formula is C31H31ClN4OS. The highest BCUT2D eigenvalue weighted by atomic mass is 35.5. The van der Waals surface area contributed by atoms with Gasteiger partial charge in [-0.1, -0.05) is 96.2 Å². The smallest absolute Gasteiger partial charge is 0.251 e. The largest absolute Gasteiger partial charge is 0.356 e. The van der Waals surface area contributed by atoms with E-state index >= 15 is 0 Å². The molecule has 2 heterocycles. The molecule has 1 atom stereocenters. The maximum atomic E-state index is 13.2. The van der Waals surface area contributed by atoms with E-state index in [0.717, 1.165) is 36.5 Å². The minimum Gasteiger partial charge on any atom is -0.356 e. The topological polar surface area (TPSA) is 58.1 Å². The van der Waals surface area contributed by atoms with Gasteiger partial charge in [-0.15, -0.1) is 0 Å². The van der Waals surface area contributed by atoms with E-state index < -0.39 is 0 Å². The lowest BCUT2D eigenvalue weighted by Gasteiger charge is -2.27. The summed E-state index contributed by atoms with van der Waals surface area (Å²) in [6, 6.07) is 29.8. The number of aromatic nitrogens is 2. The van der Waals surface area contributed by atoms with Gasteiger partial charge < -0.3 is 10.2 Å². The van der Waals surface area contributed by atoms with Crippen LogP contribution < -0.4 is 10.2 Å². The van der Waals surface area contributed by atoms with Crippen LogP contribution in [0.4, 0.5) is 5.82 Å². The molecule has 1 aliphatic rings. The molecule has 4 aromatic rings. The zero-order chi connectivity index (χ0) is 26.2. The van der Waals surface area contributed by atoms with Gasteiger partial charge in [-0.3, -0.25) is 4.79 Å². The quantitative estimate of drug-likeness (QED) is 0.138. The molecule has 1 aromatic heterocycles. The molecule has 1 aliphatic heterocycles. The Bertz CT molecular complexity index is 1330. The van der Waals surface area contributed by atoms with E-state index in [4.69, 9.17) is 16.6 Å². The number of piperidine rings is 1. The van der Waals surface area contributed by atoms with Crippen LogP contribution in [0.3, 0.4) is 0 Å². The van der Waals surface area contributed by atoms with Crippen LogP contribution in [0.2, 0.25) is 5.15 Å². The van der Waals surface area contributed by atoms with Crippen molar-refractivity contribution in [2.75, 3.05) is 18.0 Å². The molecule has 0 spiro atoms. The second kappa shape index (κ2) is 12.9. The Hall–Kier alpha value is -3.35. The summed E-state index contributed by atoms with van der Waals surface area (Å²) in [5.74, 6) is 1.52. The number of hydrogen-bond donors (Lipinski definition) is 1. The van der Waals surface area contributed by atoms with Crippen molar-refractivity contribution < 1.29 is 4.79 Å². The van der Waals surface area contributed by atoms with E-state index in [0.29, 0.717) is 21.6 Å². The van der Waals surface area contributed by atoms with Crippen LogP contribution in [0.5, 0.6) is 0 Å². The van der Waals surface area contributed by atoms with Gasteiger partial charge in [0, 0.05) is 30.5 Å². The summed E-state index contributed by atoms with van der Waals surface area (Å²) in [5, 5.41) is 4.38. The fraction of sp³-hybridized carbons (Fsp3) is 0.258. The second-order valence-corrected chi connectivity index (χ2v) is 10.8. The molecule has 0 bridgehead atoms. The minimum absolute atomic E-state index is 0.0849. The SMILES string of the molecule is O=C(NC(Cc1ccccc1)c1ccccc1)c1ccc(CSc2nc(Cl)cc(N3CCCCC3)n2)cc1. The monoisotopic (exact) mass is 542 g/mol. The van der Waals surface area contributed by atoms with Crippen molar-refractivity contribution >= 4 is 35.1 Å². The molecule has 1 N–H and O–H groups in total. The zero-order valence-corrected chi connectivity index (χ0v) is 22.8. The Morgan fingerprint density at radius 1 is 0.868 bits per heavy atom. The van der Waals surface area contributed by atoms with Crippen LogP contribution in [0.15, 0.2) is 96.2 Å². The molecule has 0 saturated carbocycles. The molecule has 0 radical (unpaired) electrons. The first kappa shape index (κ1) is 26.3. The van der Waals surface area contributed by atoms with Gasteiger partial charge in [0.2, 0.25) is 0 Å². The van der Waals surface area contributed by atoms with Gasteiger partial charge in [-0.05, 0) is 54.5 Å². The van der Waals surface area contributed by atoms with Crippen LogP contribution in [0, 0.1) is 0 Å². The molecule has 1 amide bonds. The van der Waals surface area contributed by atoms with Crippen molar-refractivity contribution in [2.24, 2.45) is 0 Å². The van der Waals surface area contributed by atoms with Gasteiger partial charge in [0.25, 0.3) is 5.91 Å². The van der Waals surface area contributed by atoms with Crippen LogP contribution in [0.1, 0.15) is 52.4 Å². The van der Waals surface area contributed by atoms with E-state index in [9.17, 15) is 4.79 Å². The number of carbonyl (C=O) groups is 1. The number of carbonyl (C=O) groups excluding carboxylic acids is 1. The van der Waals surface area contributed by atoms with Crippen LogP contribution in [-0.2, 0) is 12.2 Å². The second-order valence-electron chi connectivity index (χ2n) is 9.49. The summed E-state index contributed by atoms with van der Waals surface area (Å²) in [7, 11) is 0. The molecule has 1 saturated heterocycles. The van der Waals surface area contributed by atoms with Gasteiger partial charge >= 0.3 is 0 Å². The predicted octanol–water partition coefficient (Wildman–Crippen LogP) is 7.13. The Labute approximate surface area is 233 Å². The van der Waals surface area contributed by atoms with E-state index in [1.807, 2.05) is 66.7 Å². The van der Waals surface area contributed by atoms with Crippen LogP contribution in [-0.4, -0.2) is 29.0 Å². The summed E-state index contributed by atoms with van der Waals surface area (Å²) < 4.78 is 0. The summed E-state index contributed by atoms with van der Waals surface area (Å²) in [6.45, 7) is 2.02. The third kappa shape index (κ3) is 7.15. The van der Waals surface area contributed by atoms with Crippen molar-refractivity contribution in [2.45, 2.75) is 42.6 Å². The number of thioether (sulfide) groups is 1. The molecule has 3 aromatic carbocycles. The highest BCUT2D eigenvalue weighted by molar-refractivity contribution is 7.98. The van der Waals surface area contributed by atoms with E-state index in [1.165, 1.54) is 24.8 Å².